The van der Waals surface area contributed by atoms with E-state index in [4.69, 9.17) is 13.7 Å². The van der Waals surface area contributed by atoms with Gasteiger partial charge in [-0.05, 0) is 36.4 Å². The average Bonchev–Trinajstić information content (AvgIpc) is 3.16. The Bertz CT molecular complexity index is 662. The third kappa shape index (κ3) is 2.85. The van der Waals surface area contributed by atoms with Crippen molar-refractivity contribution in [2.45, 2.75) is 10.6 Å². The van der Waals surface area contributed by atoms with Crippen LogP contribution in [0.4, 0.5) is 0 Å². The molecule has 0 bridgehead atoms. The number of rotatable bonds is 5. The SMILES string of the molecule is COc1ccc(SCc2noc(-c3ccco3)n2)cc1. The molecular weight excluding hydrogens is 276 g/mol. The lowest BCUT2D eigenvalue weighted by Crippen LogP contribution is -1.85. The molecule has 0 aliphatic heterocycles. The van der Waals surface area contributed by atoms with E-state index < -0.39 is 0 Å². The van der Waals surface area contributed by atoms with Gasteiger partial charge < -0.3 is 13.7 Å². The summed E-state index contributed by atoms with van der Waals surface area (Å²) in [6.07, 6.45) is 1.57. The van der Waals surface area contributed by atoms with Crippen LogP contribution in [0.1, 0.15) is 5.82 Å². The van der Waals surface area contributed by atoms with Crippen LogP contribution in [-0.2, 0) is 5.75 Å². The molecule has 0 amide bonds. The molecule has 0 unspecified atom stereocenters. The van der Waals surface area contributed by atoms with Crippen molar-refractivity contribution in [3.05, 3.63) is 48.5 Å². The highest BCUT2D eigenvalue weighted by Crippen LogP contribution is 2.25. The topological polar surface area (TPSA) is 61.3 Å². The number of furan rings is 1. The van der Waals surface area contributed by atoms with E-state index in [2.05, 4.69) is 10.1 Å². The molecule has 0 aliphatic rings. The van der Waals surface area contributed by atoms with Crippen LogP contribution in [-0.4, -0.2) is 17.3 Å². The molecule has 0 saturated heterocycles. The van der Waals surface area contributed by atoms with Gasteiger partial charge in [-0.1, -0.05) is 5.16 Å². The first-order chi connectivity index (χ1) is 9.85. The molecule has 0 fully saturated rings. The molecule has 0 spiro atoms. The highest BCUT2D eigenvalue weighted by atomic mass is 32.2. The molecule has 0 saturated carbocycles. The Labute approximate surface area is 119 Å². The number of ether oxygens (including phenoxy) is 1. The second kappa shape index (κ2) is 5.83. The molecule has 0 atom stereocenters. The maximum Gasteiger partial charge on any atom is 0.293 e. The highest BCUT2D eigenvalue weighted by molar-refractivity contribution is 7.98. The van der Waals surface area contributed by atoms with Gasteiger partial charge in [-0.3, -0.25) is 0 Å². The summed E-state index contributed by atoms with van der Waals surface area (Å²) in [7, 11) is 1.65. The smallest absolute Gasteiger partial charge is 0.293 e. The Morgan fingerprint density at radius 1 is 1.20 bits per heavy atom. The van der Waals surface area contributed by atoms with Crippen LogP contribution in [0.5, 0.6) is 5.75 Å². The van der Waals surface area contributed by atoms with Crippen LogP contribution in [0.25, 0.3) is 11.7 Å². The number of methoxy groups -OCH3 is 1. The van der Waals surface area contributed by atoms with Crippen molar-refractivity contribution in [2.75, 3.05) is 7.11 Å². The molecule has 0 radical (unpaired) electrons. The maximum absolute atomic E-state index is 5.20. The van der Waals surface area contributed by atoms with E-state index >= 15 is 0 Å². The van der Waals surface area contributed by atoms with Crippen molar-refractivity contribution in [3.8, 4) is 17.4 Å². The second-order valence-corrected chi connectivity index (χ2v) is 5.01. The number of aromatic nitrogens is 2. The molecule has 1 aromatic carbocycles. The van der Waals surface area contributed by atoms with Gasteiger partial charge in [0.25, 0.3) is 5.89 Å². The summed E-state index contributed by atoms with van der Waals surface area (Å²) in [4.78, 5) is 5.40. The van der Waals surface area contributed by atoms with Gasteiger partial charge in [0.15, 0.2) is 11.6 Å². The van der Waals surface area contributed by atoms with E-state index in [0.29, 0.717) is 23.2 Å². The minimum atomic E-state index is 0.403. The van der Waals surface area contributed by atoms with Gasteiger partial charge in [-0.25, -0.2) is 0 Å². The molecule has 2 aromatic heterocycles. The first-order valence-electron chi connectivity index (χ1n) is 5.98. The quantitative estimate of drug-likeness (QED) is 0.668. The molecule has 102 valence electrons. The number of thioether (sulfide) groups is 1. The van der Waals surface area contributed by atoms with E-state index in [1.807, 2.05) is 24.3 Å². The number of hydrogen-bond acceptors (Lipinski definition) is 6. The van der Waals surface area contributed by atoms with Gasteiger partial charge in [-0.2, -0.15) is 4.98 Å². The minimum absolute atomic E-state index is 0.403. The molecule has 3 rings (SSSR count). The Balaban J connectivity index is 1.63. The largest absolute Gasteiger partial charge is 0.497 e. The fourth-order valence-electron chi connectivity index (χ4n) is 1.63. The molecule has 20 heavy (non-hydrogen) atoms. The Morgan fingerprint density at radius 2 is 2.05 bits per heavy atom. The van der Waals surface area contributed by atoms with Crippen molar-refractivity contribution in [1.29, 1.82) is 0 Å². The van der Waals surface area contributed by atoms with Crippen molar-refractivity contribution >= 4 is 11.8 Å². The Kier molecular flexibility index (Phi) is 3.73. The Morgan fingerprint density at radius 3 is 2.75 bits per heavy atom. The number of nitrogens with zero attached hydrogens (tertiary/aromatic N) is 2. The summed E-state index contributed by atoms with van der Waals surface area (Å²) in [5.74, 6) is 3.10. The first-order valence-corrected chi connectivity index (χ1v) is 6.97. The molecule has 3 aromatic rings. The van der Waals surface area contributed by atoms with E-state index in [1.165, 1.54) is 0 Å². The zero-order valence-corrected chi connectivity index (χ0v) is 11.6. The van der Waals surface area contributed by atoms with Gasteiger partial charge in [-0.15, -0.1) is 11.8 Å². The third-order valence-electron chi connectivity index (χ3n) is 2.63. The summed E-state index contributed by atoms with van der Waals surface area (Å²) >= 11 is 1.63. The van der Waals surface area contributed by atoms with E-state index in [0.717, 1.165) is 10.6 Å². The summed E-state index contributed by atoms with van der Waals surface area (Å²) < 4.78 is 15.5. The third-order valence-corrected chi connectivity index (χ3v) is 3.64. The molecule has 2 heterocycles. The van der Waals surface area contributed by atoms with Gasteiger partial charge in [0.1, 0.15) is 5.75 Å². The number of benzene rings is 1. The molecule has 6 heteroatoms. The summed E-state index contributed by atoms with van der Waals surface area (Å²) in [6, 6.07) is 11.4. The first kappa shape index (κ1) is 12.8. The van der Waals surface area contributed by atoms with Crippen molar-refractivity contribution in [1.82, 2.24) is 10.1 Å². The zero-order valence-electron chi connectivity index (χ0n) is 10.8. The predicted octanol–water partition coefficient (Wildman–Crippen LogP) is 3.63. The number of hydrogen-bond donors (Lipinski definition) is 0. The van der Waals surface area contributed by atoms with Gasteiger partial charge >= 0.3 is 0 Å². The lowest BCUT2D eigenvalue weighted by molar-refractivity contribution is 0.411. The van der Waals surface area contributed by atoms with Crippen LogP contribution in [0, 0.1) is 0 Å². The maximum atomic E-state index is 5.20. The van der Waals surface area contributed by atoms with E-state index in [-0.39, 0.29) is 0 Å². The average molecular weight is 288 g/mol. The van der Waals surface area contributed by atoms with Gasteiger partial charge in [0, 0.05) is 4.90 Å². The minimum Gasteiger partial charge on any atom is -0.497 e. The summed E-state index contributed by atoms with van der Waals surface area (Å²) in [6.45, 7) is 0. The van der Waals surface area contributed by atoms with Crippen LogP contribution in [0.3, 0.4) is 0 Å². The van der Waals surface area contributed by atoms with Crippen molar-refractivity contribution < 1.29 is 13.7 Å². The van der Waals surface area contributed by atoms with E-state index in [9.17, 15) is 0 Å². The van der Waals surface area contributed by atoms with Crippen LogP contribution < -0.4 is 4.74 Å². The molecule has 0 N–H and O–H groups in total. The fourth-order valence-corrected chi connectivity index (χ4v) is 2.37. The van der Waals surface area contributed by atoms with Gasteiger partial charge in [0.05, 0.1) is 19.1 Å². The standard InChI is InChI=1S/C14H12N2O3S/c1-17-10-4-6-11(7-5-10)20-9-13-15-14(19-16-13)12-3-2-8-18-12/h2-8H,9H2,1H3. The predicted molar refractivity (Wildman–Crippen MR) is 74.6 cm³/mol. The normalized spacial score (nSPS) is 10.7. The zero-order chi connectivity index (χ0) is 13.8. The van der Waals surface area contributed by atoms with E-state index in [1.54, 1.807) is 37.3 Å². The van der Waals surface area contributed by atoms with Gasteiger partial charge in [0.2, 0.25) is 0 Å². The van der Waals surface area contributed by atoms with Crippen molar-refractivity contribution in [2.24, 2.45) is 0 Å². The fraction of sp³-hybridized carbons (Fsp3) is 0.143. The van der Waals surface area contributed by atoms with Crippen LogP contribution >= 0.6 is 11.8 Å². The van der Waals surface area contributed by atoms with Crippen molar-refractivity contribution in [3.63, 3.8) is 0 Å². The molecule has 5 nitrogen and oxygen atoms in total. The molecule has 0 aliphatic carbocycles. The highest BCUT2D eigenvalue weighted by Gasteiger charge is 2.11. The second-order valence-electron chi connectivity index (χ2n) is 3.96. The summed E-state index contributed by atoms with van der Waals surface area (Å²) in [5, 5.41) is 3.93. The lowest BCUT2D eigenvalue weighted by Gasteiger charge is -2.01. The van der Waals surface area contributed by atoms with Crippen LogP contribution in [0.2, 0.25) is 0 Å². The lowest BCUT2D eigenvalue weighted by atomic mass is 10.3. The monoisotopic (exact) mass is 288 g/mol. The summed E-state index contributed by atoms with van der Waals surface area (Å²) in [5.41, 5.74) is 0. The van der Waals surface area contributed by atoms with Crippen LogP contribution in [0.15, 0.2) is 56.5 Å². The molecular formula is C14H12N2O3S. The Hall–Kier alpha value is -2.21.